The van der Waals surface area contributed by atoms with E-state index in [0.717, 1.165) is 30.2 Å². The predicted octanol–water partition coefficient (Wildman–Crippen LogP) is 3.11. The van der Waals surface area contributed by atoms with Crippen LogP contribution in [0.15, 0.2) is 54.9 Å². The van der Waals surface area contributed by atoms with Gasteiger partial charge in [-0.2, -0.15) is 0 Å². The molecule has 1 saturated heterocycles. The molecule has 0 unspecified atom stereocenters. The van der Waals surface area contributed by atoms with E-state index in [0.29, 0.717) is 5.92 Å². The second-order valence-electron chi connectivity index (χ2n) is 4.65. The third-order valence-electron chi connectivity index (χ3n) is 3.09. The summed E-state index contributed by atoms with van der Waals surface area (Å²) in [7, 11) is 0. The molecule has 3 heteroatoms. The average molecular weight is 252 g/mol. The number of hydrogen-bond donors (Lipinski definition) is 1. The molecule has 2 heterocycles. The molecule has 1 aromatic heterocycles. The summed E-state index contributed by atoms with van der Waals surface area (Å²) in [6.45, 7) is 2.15. The van der Waals surface area contributed by atoms with Gasteiger partial charge in [-0.15, -0.1) is 0 Å². The highest BCUT2D eigenvalue weighted by molar-refractivity contribution is 5.51. The van der Waals surface area contributed by atoms with E-state index in [2.05, 4.69) is 22.5 Å². The lowest BCUT2D eigenvalue weighted by Crippen LogP contribution is -2.40. The molecule has 0 saturated carbocycles. The van der Waals surface area contributed by atoms with Gasteiger partial charge in [-0.05, 0) is 23.8 Å². The largest absolute Gasteiger partial charge is 0.456 e. The average Bonchev–Trinajstić information content (AvgIpc) is 2.39. The van der Waals surface area contributed by atoms with Gasteiger partial charge >= 0.3 is 0 Å². The second-order valence-corrected chi connectivity index (χ2v) is 4.65. The number of nitrogens with zero attached hydrogens (tertiary/aromatic N) is 1. The summed E-state index contributed by atoms with van der Waals surface area (Å²) >= 11 is 0. The molecule has 1 N–H and O–H groups in total. The van der Waals surface area contributed by atoms with Gasteiger partial charge in [0.2, 0.25) is 0 Å². The Balaban J connectivity index is 1.70. The van der Waals surface area contributed by atoms with Gasteiger partial charge in [-0.25, -0.2) is 0 Å². The number of ether oxygens (including phenoxy) is 1. The summed E-state index contributed by atoms with van der Waals surface area (Å²) in [5.41, 5.74) is 1.07. The topological polar surface area (TPSA) is 34.2 Å². The summed E-state index contributed by atoms with van der Waals surface area (Å²) in [5, 5.41) is 3.25. The molecule has 96 valence electrons. The molecule has 3 nitrogen and oxygen atoms in total. The third-order valence-corrected chi connectivity index (χ3v) is 3.09. The molecule has 2 aromatic rings. The fraction of sp³-hybridized carbons (Fsp3) is 0.188. The Morgan fingerprint density at radius 3 is 2.68 bits per heavy atom. The molecule has 1 aliphatic heterocycles. The molecule has 0 amide bonds. The van der Waals surface area contributed by atoms with Crippen LogP contribution in [0.5, 0.6) is 11.5 Å². The minimum atomic E-state index is 0.652. The van der Waals surface area contributed by atoms with Crippen LogP contribution >= 0.6 is 0 Å². The summed E-state index contributed by atoms with van der Waals surface area (Å²) in [6, 6.07) is 11.7. The van der Waals surface area contributed by atoms with Crippen LogP contribution in [-0.2, 0) is 0 Å². The van der Waals surface area contributed by atoms with Gasteiger partial charge in [-0.3, -0.25) is 4.98 Å². The maximum absolute atomic E-state index is 5.76. The standard InChI is InChI=1S/C16H16N2O/c1-2-4-15(5-3-1)19-16-8-13(9-18-12-16)6-7-14-10-17-11-14/h1-9,12,14,17H,10-11H2. The molecule has 1 aromatic carbocycles. The van der Waals surface area contributed by atoms with E-state index in [1.165, 1.54) is 0 Å². The highest BCUT2D eigenvalue weighted by atomic mass is 16.5. The van der Waals surface area contributed by atoms with Crippen molar-refractivity contribution in [2.45, 2.75) is 0 Å². The van der Waals surface area contributed by atoms with Gasteiger partial charge in [0.1, 0.15) is 11.5 Å². The lowest BCUT2D eigenvalue weighted by Gasteiger charge is -2.23. The number of pyridine rings is 1. The summed E-state index contributed by atoms with van der Waals surface area (Å²) < 4.78 is 5.76. The van der Waals surface area contributed by atoms with Crippen molar-refractivity contribution in [2.75, 3.05) is 13.1 Å². The van der Waals surface area contributed by atoms with E-state index in [1.807, 2.05) is 42.6 Å². The Labute approximate surface area is 113 Å². The van der Waals surface area contributed by atoms with Crippen molar-refractivity contribution < 1.29 is 4.74 Å². The van der Waals surface area contributed by atoms with Crippen LogP contribution in [0.25, 0.3) is 6.08 Å². The number of rotatable bonds is 4. The molecule has 0 aliphatic carbocycles. The van der Waals surface area contributed by atoms with Crippen molar-refractivity contribution in [3.05, 3.63) is 60.4 Å². The van der Waals surface area contributed by atoms with Gasteiger partial charge in [0.25, 0.3) is 0 Å². The fourth-order valence-electron chi connectivity index (χ4n) is 1.90. The van der Waals surface area contributed by atoms with E-state index in [9.17, 15) is 0 Å². The summed E-state index contributed by atoms with van der Waals surface area (Å²) in [4.78, 5) is 4.21. The van der Waals surface area contributed by atoms with E-state index < -0.39 is 0 Å². The second kappa shape index (κ2) is 5.67. The lowest BCUT2D eigenvalue weighted by molar-refractivity contribution is 0.420. The molecule has 19 heavy (non-hydrogen) atoms. The van der Waals surface area contributed by atoms with Gasteiger partial charge in [-0.1, -0.05) is 30.4 Å². The minimum absolute atomic E-state index is 0.652. The van der Waals surface area contributed by atoms with E-state index in [4.69, 9.17) is 4.74 Å². The summed E-state index contributed by atoms with van der Waals surface area (Å²) in [6.07, 6.45) is 7.91. The normalized spacial score (nSPS) is 15.4. The highest BCUT2D eigenvalue weighted by Gasteiger charge is 2.12. The highest BCUT2D eigenvalue weighted by Crippen LogP contribution is 2.21. The monoisotopic (exact) mass is 252 g/mol. The molecular weight excluding hydrogens is 236 g/mol. The van der Waals surface area contributed by atoms with Crippen molar-refractivity contribution in [1.29, 1.82) is 0 Å². The van der Waals surface area contributed by atoms with Crippen molar-refractivity contribution in [3.63, 3.8) is 0 Å². The molecular formula is C16H16N2O. The van der Waals surface area contributed by atoms with Crippen LogP contribution in [0.4, 0.5) is 0 Å². The third kappa shape index (κ3) is 3.20. The Bertz CT molecular complexity index is 562. The zero-order valence-corrected chi connectivity index (χ0v) is 10.6. The van der Waals surface area contributed by atoms with Crippen LogP contribution in [0.1, 0.15) is 5.56 Å². The quantitative estimate of drug-likeness (QED) is 0.908. The Hall–Kier alpha value is -2.13. The maximum atomic E-state index is 5.76. The van der Waals surface area contributed by atoms with E-state index >= 15 is 0 Å². The summed E-state index contributed by atoms with van der Waals surface area (Å²) in [5.74, 6) is 2.24. The number of para-hydroxylation sites is 1. The number of aromatic nitrogens is 1. The minimum Gasteiger partial charge on any atom is -0.456 e. The van der Waals surface area contributed by atoms with Crippen molar-refractivity contribution in [3.8, 4) is 11.5 Å². The Morgan fingerprint density at radius 1 is 1.11 bits per heavy atom. The number of hydrogen-bond acceptors (Lipinski definition) is 3. The molecule has 0 bridgehead atoms. The molecule has 0 radical (unpaired) electrons. The Kier molecular flexibility index (Phi) is 3.56. The first kappa shape index (κ1) is 11.9. The fourth-order valence-corrected chi connectivity index (χ4v) is 1.90. The Morgan fingerprint density at radius 2 is 1.95 bits per heavy atom. The van der Waals surface area contributed by atoms with Crippen LogP contribution in [0.3, 0.4) is 0 Å². The zero-order valence-electron chi connectivity index (χ0n) is 10.6. The van der Waals surface area contributed by atoms with E-state index in [1.54, 1.807) is 6.20 Å². The molecule has 0 atom stereocenters. The van der Waals surface area contributed by atoms with Crippen LogP contribution in [-0.4, -0.2) is 18.1 Å². The lowest BCUT2D eigenvalue weighted by atomic mass is 10.0. The number of benzene rings is 1. The van der Waals surface area contributed by atoms with Gasteiger partial charge in [0.05, 0.1) is 6.20 Å². The van der Waals surface area contributed by atoms with Crippen LogP contribution < -0.4 is 10.1 Å². The number of nitrogens with one attached hydrogen (secondary N) is 1. The zero-order chi connectivity index (χ0) is 12.9. The first-order chi connectivity index (χ1) is 9.40. The smallest absolute Gasteiger partial charge is 0.146 e. The SMILES string of the molecule is C(=CC1CNC1)c1cncc(Oc2ccccc2)c1. The molecule has 1 aliphatic rings. The van der Waals surface area contributed by atoms with Crippen molar-refractivity contribution in [1.82, 2.24) is 10.3 Å². The van der Waals surface area contributed by atoms with Crippen molar-refractivity contribution in [2.24, 2.45) is 5.92 Å². The molecule has 3 rings (SSSR count). The van der Waals surface area contributed by atoms with Crippen molar-refractivity contribution >= 4 is 6.08 Å². The van der Waals surface area contributed by atoms with Gasteiger partial charge in [0.15, 0.2) is 0 Å². The van der Waals surface area contributed by atoms with Crippen LogP contribution in [0.2, 0.25) is 0 Å². The van der Waals surface area contributed by atoms with Gasteiger partial charge in [0, 0.05) is 25.2 Å². The van der Waals surface area contributed by atoms with Gasteiger partial charge < -0.3 is 10.1 Å². The maximum Gasteiger partial charge on any atom is 0.146 e. The first-order valence-corrected chi connectivity index (χ1v) is 6.47. The first-order valence-electron chi connectivity index (χ1n) is 6.47. The predicted molar refractivity (Wildman–Crippen MR) is 76.1 cm³/mol. The van der Waals surface area contributed by atoms with Crippen LogP contribution in [0, 0.1) is 5.92 Å². The molecule has 1 fully saturated rings. The molecule has 0 spiro atoms. The van der Waals surface area contributed by atoms with E-state index in [-0.39, 0.29) is 0 Å².